The Kier molecular flexibility index (Phi) is 31.1. The van der Waals surface area contributed by atoms with E-state index in [0.29, 0.717) is 37.9 Å². The van der Waals surface area contributed by atoms with E-state index in [0.717, 1.165) is 57.8 Å². The van der Waals surface area contributed by atoms with Gasteiger partial charge in [-0.25, -0.2) is 4.57 Å². The predicted octanol–water partition coefficient (Wildman–Crippen LogP) is 8.04. The SMILES string of the molecule is CC/C=C\CC1OC1C/C=C\C/C=C\C/C=C\C/C=C\CCC(=O)OC[C@H](COP(=O)(O)OC1[C@H](O)[C@H](O)C(O)[C@H](O)[C@H]1O)OC(=O)CCCC/C=C\C/C=C\C/C=C\CCCCC. The Morgan fingerprint density at radius 2 is 1.03 bits per heavy atom. The first-order chi connectivity index (χ1) is 30.9. The molecule has 2 fully saturated rings. The first kappa shape index (κ1) is 56.9. The minimum absolute atomic E-state index is 0.0240. The highest BCUT2D eigenvalue weighted by Crippen LogP contribution is 2.47. The van der Waals surface area contributed by atoms with Crippen LogP contribution in [0.3, 0.4) is 0 Å². The molecule has 2 aliphatic rings. The molecule has 0 spiro atoms. The van der Waals surface area contributed by atoms with Crippen molar-refractivity contribution >= 4 is 19.8 Å². The van der Waals surface area contributed by atoms with Crippen LogP contribution in [0.4, 0.5) is 0 Å². The fourth-order valence-electron chi connectivity index (χ4n) is 6.48. The third kappa shape index (κ3) is 26.6. The maximum atomic E-state index is 12.8. The second kappa shape index (κ2) is 35.0. The summed E-state index contributed by atoms with van der Waals surface area (Å²) in [6, 6.07) is 0. The molecule has 0 radical (unpaired) electrons. The van der Waals surface area contributed by atoms with Crippen molar-refractivity contribution in [1.82, 2.24) is 0 Å². The molecule has 1 aliphatic carbocycles. The Balaban J connectivity index is 1.75. The summed E-state index contributed by atoms with van der Waals surface area (Å²) >= 11 is 0. The van der Waals surface area contributed by atoms with Crippen LogP contribution in [0.1, 0.15) is 129 Å². The van der Waals surface area contributed by atoms with Gasteiger partial charge < -0.3 is 44.6 Å². The summed E-state index contributed by atoms with van der Waals surface area (Å²) in [5, 5.41) is 50.1. The van der Waals surface area contributed by atoms with Gasteiger partial charge >= 0.3 is 19.8 Å². The summed E-state index contributed by atoms with van der Waals surface area (Å²) < 4.78 is 39.1. The molecule has 0 aromatic rings. The number of hydrogen-bond donors (Lipinski definition) is 6. The van der Waals surface area contributed by atoms with Gasteiger partial charge in [0, 0.05) is 12.8 Å². The average Bonchev–Trinajstić information content (AvgIpc) is 4.03. The molecule has 64 heavy (non-hydrogen) atoms. The molecule has 362 valence electrons. The number of aliphatic hydroxyl groups excluding tert-OH is 5. The Morgan fingerprint density at radius 3 is 1.56 bits per heavy atom. The lowest BCUT2D eigenvalue weighted by Gasteiger charge is -2.41. The van der Waals surface area contributed by atoms with Crippen LogP contribution < -0.4 is 0 Å². The summed E-state index contributed by atoms with van der Waals surface area (Å²) in [4.78, 5) is 35.7. The van der Waals surface area contributed by atoms with Gasteiger partial charge in [0.2, 0.25) is 0 Å². The van der Waals surface area contributed by atoms with Crippen molar-refractivity contribution in [2.75, 3.05) is 13.2 Å². The molecule has 14 nitrogen and oxygen atoms in total. The zero-order valence-corrected chi connectivity index (χ0v) is 38.9. The number of aliphatic hydroxyl groups is 5. The molecule has 1 aliphatic heterocycles. The van der Waals surface area contributed by atoms with Crippen molar-refractivity contribution in [3.8, 4) is 0 Å². The van der Waals surface area contributed by atoms with Crippen LogP contribution in [-0.2, 0) is 37.4 Å². The number of phosphoric acid groups is 1. The van der Waals surface area contributed by atoms with Crippen molar-refractivity contribution < 1.29 is 67.8 Å². The molecule has 6 N–H and O–H groups in total. The smallest absolute Gasteiger partial charge is 0.462 e. The molecule has 1 saturated carbocycles. The van der Waals surface area contributed by atoms with E-state index >= 15 is 0 Å². The van der Waals surface area contributed by atoms with Crippen molar-refractivity contribution in [3.63, 3.8) is 0 Å². The minimum atomic E-state index is -5.16. The molecule has 0 aromatic carbocycles. The molecule has 2 rings (SSSR count). The molecular weight excluding hydrogens is 843 g/mol. The van der Waals surface area contributed by atoms with Gasteiger partial charge in [-0.3, -0.25) is 18.6 Å². The Hall–Kier alpha value is -3.27. The maximum absolute atomic E-state index is 12.8. The minimum Gasteiger partial charge on any atom is -0.462 e. The van der Waals surface area contributed by atoms with Crippen molar-refractivity contribution in [2.24, 2.45) is 0 Å². The fraction of sp³-hybridized carbons (Fsp3) is 0.633. The number of ether oxygens (including phenoxy) is 3. The molecule has 0 aromatic heterocycles. The lowest BCUT2D eigenvalue weighted by Crippen LogP contribution is -2.64. The van der Waals surface area contributed by atoms with Crippen LogP contribution >= 0.6 is 7.82 Å². The van der Waals surface area contributed by atoms with Crippen LogP contribution in [0, 0.1) is 0 Å². The Morgan fingerprint density at radius 1 is 0.562 bits per heavy atom. The fourth-order valence-corrected chi connectivity index (χ4v) is 7.45. The van der Waals surface area contributed by atoms with Crippen molar-refractivity contribution in [3.05, 3.63) is 97.2 Å². The van der Waals surface area contributed by atoms with Crippen LogP contribution in [0.15, 0.2) is 97.2 Å². The number of phosphoric ester groups is 1. The number of esters is 2. The van der Waals surface area contributed by atoms with Crippen LogP contribution in [0.2, 0.25) is 0 Å². The van der Waals surface area contributed by atoms with Crippen LogP contribution in [0.5, 0.6) is 0 Å². The lowest BCUT2D eigenvalue weighted by molar-refractivity contribution is -0.220. The monoisotopic (exact) mass is 921 g/mol. The number of unbranched alkanes of at least 4 members (excludes halogenated alkanes) is 5. The van der Waals surface area contributed by atoms with Crippen LogP contribution in [-0.4, -0.2) is 111 Å². The van der Waals surface area contributed by atoms with Gasteiger partial charge in [0.15, 0.2) is 6.10 Å². The third-order valence-corrected chi connectivity index (χ3v) is 11.3. The van der Waals surface area contributed by atoms with E-state index in [9.17, 15) is 44.6 Å². The summed E-state index contributed by atoms with van der Waals surface area (Å²) in [5.74, 6) is -1.26. The molecular formula is C49H77O14P. The molecule has 1 saturated heterocycles. The Bertz CT molecular complexity index is 1550. The highest BCUT2D eigenvalue weighted by molar-refractivity contribution is 7.47. The topological polar surface area (TPSA) is 222 Å². The molecule has 5 unspecified atom stereocenters. The molecule has 0 amide bonds. The first-order valence-corrected chi connectivity index (χ1v) is 24.7. The highest BCUT2D eigenvalue weighted by Gasteiger charge is 2.51. The van der Waals surface area contributed by atoms with E-state index in [1.54, 1.807) is 0 Å². The van der Waals surface area contributed by atoms with Gasteiger partial charge in [0.05, 0.1) is 18.8 Å². The second-order valence-corrected chi connectivity index (χ2v) is 17.3. The van der Waals surface area contributed by atoms with E-state index in [-0.39, 0.29) is 12.8 Å². The number of hydrogen-bond acceptors (Lipinski definition) is 13. The van der Waals surface area contributed by atoms with Crippen molar-refractivity contribution in [2.45, 2.75) is 184 Å². The van der Waals surface area contributed by atoms with Gasteiger partial charge in [-0.2, -0.15) is 0 Å². The van der Waals surface area contributed by atoms with Gasteiger partial charge in [-0.15, -0.1) is 0 Å². The quantitative estimate of drug-likeness (QED) is 0.0116. The van der Waals surface area contributed by atoms with Crippen LogP contribution in [0.25, 0.3) is 0 Å². The molecule has 0 bridgehead atoms. The zero-order chi connectivity index (χ0) is 46.8. The lowest BCUT2D eigenvalue weighted by atomic mass is 9.85. The molecule has 10 atom stereocenters. The standard InChI is InChI=1S/C49H77O14P/c1-3-5-7-8-9-10-11-12-13-14-19-22-25-28-32-36-43(51)61-39(38-60-64(57,58)63-49-47(55)45(53)44(52)46(54)48(49)56)37-59-42(50)35-31-27-24-21-18-16-15-17-20-23-26-30-34-41-40(62-41)33-29-6-4-2/h6,9-10,12-13,16-20,22,24,26-27,29-30,39-41,44-49,52-56H,3-5,7-8,11,14-15,21,23,25,28,31-38H2,1-2H3,(H,57,58)/b10-9-,13-12-,18-16-,20-17-,22-19-,27-24-,29-6-,30-26-/t39-,40?,41?,44?,45-,46+,47-,48-,49?/m1/s1. The second-order valence-electron chi connectivity index (χ2n) is 15.9. The average molecular weight is 921 g/mol. The van der Waals surface area contributed by atoms with Crippen molar-refractivity contribution in [1.29, 1.82) is 0 Å². The Labute approximate surface area is 381 Å². The molecule has 15 heteroatoms. The van der Waals surface area contributed by atoms with E-state index in [4.69, 9.17) is 23.3 Å². The number of carbonyl (C=O) groups excluding carboxylic acids is 2. The van der Waals surface area contributed by atoms with E-state index in [2.05, 4.69) is 86.8 Å². The normalized spacial score (nSPS) is 25.6. The predicted molar refractivity (Wildman–Crippen MR) is 248 cm³/mol. The van der Waals surface area contributed by atoms with E-state index in [1.807, 2.05) is 24.3 Å². The maximum Gasteiger partial charge on any atom is 0.472 e. The van der Waals surface area contributed by atoms with Gasteiger partial charge in [-0.1, -0.05) is 124 Å². The van der Waals surface area contributed by atoms with E-state index in [1.165, 1.54) is 19.3 Å². The molecule has 1 heterocycles. The number of carbonyl (C=O) groups is 2. The zero-order valence-electron chi connectivity index (χ0n) is 38.0. The summed E-state index contributed by atoms with van der Waals surface area (Å²) in [5.41, 5.74) is 0. The third-order valence-electron chi connectivity index (χ3n) is 10.3. The highest BCUT2D eigenvalue weighted by atomic mass is 31.2. The number of allylic oxidation sites excluding steroid dienone is 14. The van der Waals surface area contributed by atoms with Gasteiger partial charge in [-0.05, 0) is 89.9 Å². The first-order valence-electron chi connectivity index (χ1n) is 23.2. The summed E-state index contributed by atoms with van der Waals surface area (Å²) in [6.45, 7) is 3.03. The van der Waals surface area contributed by atoms with E-state index < -0.39 is 75.7 Å². The number of rotatable bonds is 35. The van der Waals surface area contributed by atoms with Gasteiger partial charge in [0.1, 0.15) is 43.2 Å². The largest absolute Gasteiger partial charge is 0.472 e. The summed E-state index contributed by atoms with van der Waals surface area (Å²) in [7, 11) is -5.16. The summed E-state index contributed by atoms with van der Waals surface area (Å²) in [6.07, 6.45) is 35.2. The number of epoxide rings is 1. The van der Waals surface area contributed by atoms with Gasteiger partial charge in [0.25, 0.3) is 0 Å².